The molecule has 6 heteroatoms. The highest BCUT2D eigenvalue weighted by Crippen LogP contribution is 2.14. The molecule has 352 valence electrons. The van der Waals surface area contributed by atoms with E-state index in [4.69, 9.17) is 14.2 Å². The van der Waals surface area contributed by atoms with Gasteiger partial charge in [-0.1, -0.05) is 197 Å². The number of esters is 3. The van der Waals surface area contributed by atoms with E-state index in [-0.39, 0.29) is 31.1 Å². The summed E-state index contributed by atoms with van der Waals surface area (Å²) in [5.74, 6) is -0.914. The molecule has 0 rings (SSSR count). The van der Waals surface area contributed by atoms with Gasteiger partial charge in [-0.3, -0.25) is 14.4 Å². The van der Waals surface area contributed by atoms with Crippen molar-refractivity contribution in [2.75, 3.05) is 13.2 Å². The molecular formula is C55H96O6. The molecule has 0 aliphatic carbocycles. The molecule has 0 amide bonds. The highest BCUT2D eigenvalue weighted by molar-refractivity contribution is 5.71. The number of hydrogen-bond acceptors (Lipinski definition) is 6. The van der Waals surface area contributed by atoms with Crippen LogP contribution in [0.4, 0.5) is 0 Å². The van der Waals surface area contributed by atoms with Gasteiger partial charge in [0, 0.05) is 19.3 Å². The Labute approximate surface area is 377 Å². The molecule has 0 saturated heterocycles. The van der Waals surface area contributed by atoms with Gasteiger partial charge in [-0.15, -0.1) is 0 Å². The quantitative estimate of drug-likeness (QED) is 0.0263. The lowest BCUT2D eigenvalue weighted by atomic mass is 10.1. The fraction of sp³-hybridized carbons (Fsp3) is 0.764. The van der Waals surface area contributed by atoms with Crippen molar-refractivity contribution in [3.63, 3.8) is 0 Å². The second-order valence-electron chi connectivity index (χ2n) is 17.0. The van der Waals surface area contributed by atoms with Crippen LogP contribution in [0.3, 0.4) is 0 Å². The van der Waals surface area contributed by atoms with E-state index in [1.165, 1.54) is 109 Å². The summed E-state index contributed by atoms with van der Waals surface area (Å²) in [5.41, 5.74) is 0. The van der Waals surface area contributed by atoms with E-state index in [9.17, 15) is 14.4 Å². The molecule has 0 spiro atoms. The lowest BCUT2D eigenvalue weighted by molar-refractivity contribution is -0.167. The largest absolute Gasteiger partial charge is 0.462 e. The van der Waals surface area contributed by atoms with Crippen LogP contribution in [0.1, 0.15) is 252 Å². The maximum atomic E-state index is 12.8. The van der Waals surface area contributed by atoms with Crippen molar-refractivity contribution in [3.8, 4) is 0 Å². The number of carbonyl (C=O) groups excluding carboxylic acids is 3. The molecule has 0 radical (unpaired) electrons. The van der Waals surface area contributed by atoms with Gasteiger partial charge in [-0.25, -0.2) is 0 Å². The lowest BCUT2D eigenvalue weighted by Gasteiger charge is -2.18. The van der Waals surface area contributed by atoms with Crippen molar-refractivity contribution in [1.29, 1.82) is 0 Å². The van der Waals surface area contributed by atoms with E-state index in [0.29, 0.717) is 19.3 Å². The molecule has 1 atom stereocenters. The number of rotatable bonds is 46. The number of unbranched alkanes of at least 4 members (excludes halogenated alkanes) is 25. The van der Waals surface area contributed by atoms with Gasteiger partial charge in [0.15, 0.2) is 6.10 Å². The summed E-state index contributed by atoms with van der Waals surface area (Å²) in [4.78, 5) is 37.9. The average molecular weight is 853 g/mol. The standard InChI is InChI=1S/C55H96O6/c1-4-7-10-13-16-19-22-24-26-27-29-30-33-36-39-42-45-48-54(57)60-51-52(50-59-53(56)47-44-41-38-35-32-21-18-15-12-9-6-3)61-55(58)49-46-43-40-37-34-31-28-25-23-20-17-14-11-8-5-2/h8,11,15,17-18,20,24-26,28,52H,4-7,9-10,12-14,16,19,21-23,27,29-51H2,1-3H3/b11-8-,18-15-,20-17-,26-24-,28-25-/t52-/m1/s1. The van der Waals surface area contributed by atoms with E-state index in [1.54, 1.807) is 0 Å². The summed E-state index contributed by atoms with van der Waals surface area (Å²) in [5, 5.41) is 0. The van der Waals surface area contributed by atoms with Gasteiger partial charge in [-0.05, 0) is 96.3 Å². The minimum atomic E-state index is -0.786. The van der Waals surface area contributed by atoms with E-state index in [1.807, 2.05) is 0 Å². The zero-order chi connectivity index (χ0) is 44.4. The first kappa shape index (κ1) is 58.1. The zero-order valence-corrected chi connectivity index (χ0v) is 40.2. The SMILES string of the molecule is CC/C=C\C/C=C\C/C=C\CCCCCCCC(=O)O[C@H](COC(=O)CCCCCCC/C=C\CCCC)COC(=O)CCCCCCCCC/C=C\CCCCCCCC. The minimum absolute atomic E-state index is 0.0859. The third-order valence-corrected chi connectivity index (χ3v) is 11.0. The first-order chi connectivity index (χ1) is 30.0. The Bertz CT molecular complexity index is 1120. The fourth-order valence-corrected chi connectivity index (χ4v) is 7.08. The summed E-state index contributed by atoms with van der Waals surface area (Å²) in [6.45, 7) is 6.46. The fourth-order valence-electron chi connectivity index (χ4n) is 7.08. The van der Waals surface area contributed by atoms with Crippen LogP contribution >= 0.6 is 0 Å². The number of ether oxygens (including phenoxy) is 3. The molecule has 0 aliphatic rings. The van der Waals surface area contributed by atoms with Gasteiger partial charge in [0.25, 0.3) is 0 Å². The first-order valence-corrected chi connectivity index (χ1v) is 25.8. The maximum Gasteiger partial charge on any atom is 0.306 e. The summed E-state index contributed by atoms with van der Waals surface area (Å²) < 4.78 is 16.8. The Kier molecular flexibility index (Phi) is 47.4. The Morgan fingerprint density at radius 2 is 0.656 bits per heavy atom. The topological polar surface area (TPSA) is 78.9 Å². The van der Waals surface area contributed by atoms with Crippen LogP contribution < -0.4 is 0 Å². The van der Waals surface area contributed by atoms with Crippen LogP contribution in [0.2, 0.25) is 0 Å². The Morgan fingerprint density at radius 3 is 1.07 bits per heavy atom. The van der Waals surface area contributed by atoms with Crippen molar-refractivity contribution >= 4 is 17.9 Å². The third kappa shape index (κ3) is 48.0. The van der Waals surface area contributed by atoms with Crippen molar-refractivity contribution < 1.29 is 28.6 Å². The van der Waals surface area contributed by atoms with Crippen LogP contribution in [-0.2, 0) is 28.6 Å². The van der Waals surface area contributed by atoms with Crippen molar-refractivity contribution in [1.82, 2.24) is 0 Å². The van der Waals surface area contributed by atoms with Crippen molar-refractivity contribution in [2.24, 2.45) is 0 Å². The molecular weight excluding hydrogens is 757 g/mol. The second kappa shape index (κ2) is 49.8. The molecule has 0 N–H and O–H groups in total. The monoisotopic (exact) mass is 853 g/mol. The van der Waals surface area contributed by atoms with Gasteiger partial charge in [0.1, 0.15) is 13.2 Å². The van der Waals surface area contributed by atoms with E-state index in [0.717, 1.165) is 103 Å². The van der Waals surface area contributed by atoms with E-state index >= 15 is 0 Å². The Hall–Kier alpha value is -2.89. The van der Waals surface area contributed by atoms with E-state index in [2.05, 4.69) is 81.5 Å². The van der Waals surface area contributed by atoms with Crippen molar-refractivity contribution in [2.45, 2.75) is 258 Å². The molecule has 0 bridgehead atoms. The molecule has 0 aromatic heterocycles. The zero-order valence-electron chi connectivity index (χ0n) is 40.2. The molecule has 0 saturated carbocycles. The summed E-state index contributed by atoms with van der Waals surface area (Å²) in [7, 11) is 0. The molecule has 61 heavy (non-hydrogen) atoms. The summed E-state index contributed by atoms with van der Waals surface area (Å²) >= 11 is 0. The van der Waals surface area contributed by atoms with Crippen molar-refractivity contribution in [3.05, 3.63) is 60.8 Å². The highest BCUT2D eigenvalue weighted by Gasteiger charge is 2.19. The summed E-state index contributed by atoms with van der Waals surface area (Å²) in [6.07, 6.45) is 60.6. The van der Waals surface area contributed by atoms with Gasteiger partial charge < -0.3 is 14.2 Å². The molecule has 0 unspecified atom stereocenters. The smallest absolute Gasteiger partial charge is 0.306 e. The summed E-state index contributed by atoms with van der Waals surface area (Å²) in [6, 6.07) is 0. The number of carbonyl (C=O) groups is 3. The van der Waals surface area contributed by atoms with Crippen LogP contribution in [0.15, 0.2) is 60.8 Å². The Balaban J connectivity index is 4.39. The normalized spacial score (nSPS) is 12.5. The minimum Gasteiger partial charge on any atom is -0.462 e. The molecule has 0 fully saturated rings. The molecule has 6 nitrogen and oxygen atoms in total. The van der Waals surface area contributed by atoms with Crippen LogP contribution in [0.25, 0.3) is 0 Å². The van der Waals surface area contributed by atoms with Gasteiger partial charge >= 0.3 is 17.9 Å². The number of hydrogen-bond donors (Lipinski definition) is 0. The number of allylic oxidation sites excluding steroid dienone is 10. The first-order valence-electron chi connectivity index (χ1n) is 25.8. The van der Waals surface area contributed by atoms with E-state index < -0.39 is 6.10 Å². The third-order valence-electron chi connectivity index (χ3n) is 11.0. The van der Waals surface area contributed by atoms with Gasteiger partial charge in [-0.2, -0.15) is 0 Å². The van der Waals surface area contributed by atoms with Crippen LogP contribution in [-0.4, -0.2) is 37.2 Å². The van der Waals surface area contributed by atoms with Gasteiger partial charge in [0.2, 0.25) is 0 Å². The highest BCUT2D eigenvalue weighted by atomic mass is 16.6. The van der Waals surface area contributed by atoms with Crippen LogP contribution in [0, 0.1) is 0 Å². The molecule has 0 aliphatic heterocycles. The molecule has 0 aromatic carbocycles. The molecule has 0 heterocycles. The lowest BCUT2D eigenvalue weighted by Crippen LogP contribution is -2.30. The maximum absolute atomic E-state index is 12.8. The predicted octanol–water partition coefficient (Wildman–Crippen LogP) is 16.9. The van der Waals surface area contributed by atoms with Crippen LogP contribution in [0.5, 0.6) is 0 Å². The van der Waals surface area contributed by atoms with Gasteiger partial charge in [0.05, 0.1) is 0 Å². The average Bonchev–Trinajstić information content (AvgIpc) is 3.26. The second-order valence-corrected chi connectivity index (χ2v) is 17.0. The molecule has 0 aromatic rings. The predicted molar refractivity (Wildman–Crippen MR) is 261 cm³/mol. The Morgan fingerprint density at radius 1 is 0.344 bits per heavy atom.